The van der Waals surface area contributed by atoms with Crippen molar-refractivity contribution >= 4 is 0 Å². The Morgan fingerprint density at radius 3 is 2.44 bits per heavy atom. The molecule has 0 bridgehead atoms. The van der Waals surface area contributed by atoms with Crippen LogP contribution in [0.3, 0.4) is 0 Å². The first-order valence-electron chi connectivity index (χ1n) is 6.63. The Morgan fingerprint density at radius 1 is 1.22 bits per heavy atom. The zero-order valence-electron chi connectivity index (χ0n) is 11.5. The zero-order chi connectivity index (χ0) is 13.0. The number of hydrogen-bond acceptors (Lipinski definition) is 3. The minimum atomic E-state index is 0.296. The minimum absolute atomic E-state index is 0.296. The van der Waals surface area contributed by atoms with Crippen LogP contribution in [0.5, 0.6) is 5.75 Å². The molecule has 100 valence electrons. The Labute approximate surface area is 109 Å². The number of nitrogens with one attached hydrogen (secondary N) is 1. The molecule has 0 radical (unpaired) electrons. The first-order valence-corrected chi connectivity index (χ1v) is 6.63. The molecule has 1 aromatic rings. The van der Waals surface area contributed by atoms with Gasteiger partial charge in [0.25, 0.3) is 0 Å². The SMILES string of the molecule is COc1ccc(C2CC(NCC(C)OC)C2)cc1. The average Bonchev–Trinajstić information content (AvgIpc) is 2.37. The third-order valence-corrected chi connectivity index (χ3v) is 3.82. The molecule has 0 heterocycles. The second kappa shape index (κ2) is 6.21. The maximum atomic E-state index is 5.23. The number of ether oxygens (including phenoxy) is 2. The summed E-state index contributed by atoms with van der Waals surface area (Å²) in [4.78, 5) is 0. The van der Waals surface area contributed by atoms with Crippen LogP contribution in [0, 0.1) is 0 Å². The third kappa shape index (κ3) is 3.24. The van der Waals surface area contributed by atoms with E-state index >= 15 is 0 Å². The molecule has 1 N–H and O–H groups in total. The van der Waals surface area contributed by atoms with Gasteiger partial charge in [0.2, 0.25) is 0 Å². The zero-order valence-corrected chi connectivity index (χ0v) is 11.5. The maximum Gasteiger partial charge on any atom is 0.118 e. The van der Waals surface area contributed by atoms with Gasteiger partial charge in [-0.15, -0.1) is 0 Å². The van der Waals surface area contributed by atoms with Gasteiger partial charge < -0.3 is 14.8 Å². The number of benzene rings is 1. The van der Waals surface area contributed by atoms with Gasteiger partial charge in [0.15, 0.2) is 0 Å². The molecule has 0 aromatic heterocycles. The molecular weight excluding hydrogens is 226 g/mol. The second-order valence-corrected chi connectivity index (χ2v) is 5.09. The summed E-state index contributed by atoms with van der Waals surface area (Å²) < 4.78 is 10.4. The molecule has 3 nitrogen and oxygen atoms in total. The first kappa shape index (κ1) is 13.4. The van der Waals surface area contributed by atoms with E-state index in [0.29, 0.717) is 18.1 Å². The third-order valence-electron chi connectivity index (χ3n) is 3.82. The first-order chi connectivity index (χ1) is 8.72. The highest BCUT2D eigenvalue weighted by atomic mass is 16.5. The van der Waals surface area contributed by atoms with Crippen LogP contribution < -0.4 is 10.1 Å². The molecule has 0 amide bonds. The van der Waals surface area contributed by atoms with E-state index in [9.17, 15) is 0 Å². The van der Waals surface area contributed by atoms with Crippen LogP contribution in [0.4, 0.5) is 0 Å². The van der Waals surface area contributed by atoms with Crippen molar-refractivity contribution in [2.45, 2.75) is 37.8 Å². The van der Waals surface area contributed by atoms with Crippen LogP contribution in [-0.4, -0.2) is 32.9 Å². The molecule has 1 saturated carbocycles. The standard InChI is InChI=1S/C15H23NO2/c1-11(17-2)10-16-14-8-13(9-14)12-4-6-15(18-3)7-5-12/h4-7,11,13-14,16H,8-10H2,1-3H3. The highest BCUT2D eigenvalue weighted by Crippen LogP contribution is 2.37. The second-order valence-electron chi connectivity index (χ2n) is 5.09. The Hall–Kier alpha value is -1.06. The fraction of sp³-hybridized carbons (Fsp3) is 0.600. The predicted octanol–water partition coefficient (Wildman–Crippen LogP) is 2.57. The van der Waals surface area contributed by atoms with Gasteiger partial charge >= 0.3 is 0 Å². The lowest BCUT2D eigenvalue weighted by atomic mass is 9.76. The lowest BCUT2D eigenvalue weighted by molar-refractivity contribution is 0.108. The smallest absolute Gasteiger partial charge is 0.118 e. The maximum absolute atomic E-state index is 5.23. The summed E-state index contributed by atoms with van der Waals surface area (Å²) in [5.74, 6) is 1.63. The Bertz CT molecular complexity index is 357. The van der Waals surface area contributed by atoms with E-state index in [0.717, 1.165) is 12.3 Å². The summed E-state index contributed by atoms with van der Waals surface area (Å²) in [7, 11) is 3.46. The molecule has 0 spiro atoms. The molecule has 2 rings (SSSR count). The van der Waals surface area contributed by atoms with Gasteiger partial charge in [0.1, 0.15) is 5.75 Å². The topological polar surface area (TPSA) is 30.5 Å². The van der Waals surface area contributed by atoms with Gasteiger partial charge in [0, 0.05) is 19.7 Å². The molecule has 0 aliphatic heterocycles. The Balaban J connectivity index is 1.74. The van der Waals surface area contributed by atoms with E-state index in [1.165, 1.54) is 18.4 Å². The van der Waals surface area contributed by atoms with Gasteiger partial charge in [-0.3, -0.25) is 0 Å². The largest absolute Gasteiger partial charge is 0.497 e. The minimum Gasteiger partial charge on any atom is -0.497 e. The molecule has 1 aliphatic carbocycles. The van der Waals surface area contributed by atoms with Crippen LogP contribution in [0.15, 0.2) is 24.3 Å². The molecule has 1 aromatic carbocycles. The summed E-state index contributed by atoms with van der Waals surface area (Å²) in [6.45, 7) is 3.03. The highest BCUT2D eigenvalue weighted by Gasteiger charge is 2.29. The fourth-order valence-corrected chi connectivity index (χ4v) is 2.35. The van der Waals surface area contributed by atoms with E-state index in [2.05, 4.69) is 24.4 Å². The van der Waals surface area contributed by atoms with E-state index in [4.69, 9.17) is 9.47 Å². The molecule has 1 aliphatic rings. The molecule has 1 atom stereocenters. The number of rotatable bonds is 6. The van der Waals surface area contributed by atoms with Crippen molar-refractivity contribution in [1.29, 1.82) is 0 Å². The van der Waals surface area contributed by atoms with Crippen LogP contribution in [0.2, 0.25) is 0 Å². The molecule has 3 heteroatoms. The average molecular weight is 249 g/mol. The highest BCUT2D eigenvalue weighted by molar-refractivity contribution is 5.30. The van der Waals surface area contributed by atoms with E-state index in [1.807, 2.05) is 12.1 Å². The van der Waals surface area contributed by atoms with Crippen molar-refractivity contribution < 1.29 is 9.47 Å². The number of methoxy groups -OCH3 is 2. The quantitative estimate of drug-likeness (QED) is 0.840. The Kier molecular flexibility index (Phi) is 4.61. The normalized spacial score (nSPS) is 24.4. The summed E-state index contributed by atoms with van der Waals surface area (Å²) >= 11 is 0. The summed E-state index contributed by atoms with van der Waals surface area (Å²) in [6, 6.07) is 9.09. The van der Waals surface area contributed by atoms with Gasteiger partial charge in [-0.25, -0.2) is 0 Å². The molecular formula is C15H23NO2. The van der Waals surface area contributed by atoms with Crippen molar-refractivity contribution in [3.05, 3.63) is 29.8 Å². The van der Waals surface area contributed by atoms with Gasteiger partial charge in [0.05, 0.1) is 13.2 Å². The Morgan fingerprint density at radius 2 is 1.89 bits per heavy atom. The van der Waals surface area contributed by atoms with E-state index < -0.39 is 0 Å². The molecule has 1 unspecified atom stereocenters. The van der Waals surface area contributed by atoms with Crippen LogP contribution in [0.25, 0.3) is 0 Å². The molecule has 1 fully saturated rings. The fourth-order valence-electron chi connectivity index (χ4n) is 2.35. The van der Waals surface area contributed by atoms with Crippen LogP contribution in [0.1, 0.15) is 31.2 Å². The van der Waals surface area contributed by atoms with Crippen molar-refractivity contribution in [3.8, 4) is 5.75 Å². The lowest BCUT2D eigenvalue weighted by Crippen LogP contribution is -2.43. The van der Waals surface area contributed by atoms with Crippen molar-refractivity contribution in [1.82, 2.24) is 5.32 Å². The van der Waals surface area contributed by atoms with Gasteiger partial charge in [-0.2, -0.15) is 0 Å². The monoisotopic (exact) mass is 249 g/mol. The van der Waals surface area contributed by atoms with E-state index in [1.54, 1.807) is 14.2 Å². The molecule has 18 heavy (non-hydrogen) atoms. The lowest BCUT2D eigenvalue weighted by Gasteiger charge is -2.37. The number of hydrogen-bond donors (Lipinski definition) is 1. The summed E-state index contributed by atoms with van der Waals surface area (Å²) in [5.41, 5.74) is 1.42. The summed E-state index contributed by atoms with van der Waals surface area (Å²) in [5, 5.41) is 3.54. The van der Waals surface area contributed by atoms with Crippen LogP contribution >= 0.6 is 0 Å². The van der Waals surface area contributed by atoms with Crippen molar-refractivity contribution in [3.63, 3.8) is 0 Å². The van der Waals surface area contributed by atoms with E-state index in [-0.39, 0.29) is 0 Å². The van der Waals surface area contributed by atoms with Gasteiger partial charge in [-0.05, 0) is 43.4 Å². The van der Waals surface area contributed by atoms with Gasteiger partial charge in [-0.1, -0.05) is 12.1 Å². The van der Waals surface area contributed by atoms with Crippen LogP contribution in [-0.2, 0) is 4.74 Å². The van der Waals surface area contributed by atoms with Crippen molar-refractivity contribution in [2.75, 3.05) is 20.8 Å². The molecule has 0 saturated heterocycles. The summed E-state index contributed by atoms with van der Waals surface area (Å²) in [6.07, 6.45) is 2.75. The predicted molar refractivity (Wildman–Crippen MR) is 73.2 cm³/mol. The van der Waals surface area contributed by atoms with Crippen molar-refractivity contribution in [2.24, 2.45) is 0 Å².